The average molecular weight is 264 g/mol. The van der Waals surface area contributed by atoms with E-state index in [2.05, 4.69) is 25.8 Å². The largest absolute Gasteiger partial charge is 0.334 e. The van der Waals surface area contributed by atoms with E-state index in [0.29, 0.717) is 4.77 Å². The van der Waals surface area contributed by atoms with E-state index < -0.39 is 5.97 Å². The van der Waals surface area contributed by atoms with Crippen LogP contribution in [0, 0.1) is 4.77 Å². The third-order valence-electron chi connectivity index (χ3n) is 2.71. The number of imidazole rings is 1. The number of aromatic nitrogens is 2. The monoisotopic (exact) mass is 264 g/mol. The zero-order valence-electron chi connectivity index (χ0n) is 10.9. The van der Waals surface area contributed by atoms with E-state index in [1.54, 1.807) is 0 Å². The molecule has 0 aliphatic heterocycles. The summed E-state index contributed by atoms with van der Waals surface area (Å²) in [6, 6.07) is 5.86. The highest BCUT2D eigenvalue weighted by molar-refractivity contribution is 7.71. The van der Waals surface area contributed by atoms with E-state index in [9.17, 15) is 4.79 Å². The fourth-order valence-corrected chi connectivity index (χ4v) is 2.19. The first-order valence-electron chi connectivity index (χ1n) is 5.74. The zero-order chi connectivity index (χ0) is 13.5. The fourth-order valence-electron chi connectivity index (χ4n) is 1.95. The lowest BCUT2D eigenvalue weighted by atomic mass is 9.86. The number of H-pyrrole nitrogens is 1. The lowest BCUT2D eigenvalue weighted by molar-refractivity contribution is -0.141. The van der Waals surface area contributed by atoms with Crippen LogP contribution in [0.2, 0.25) is 0 Å². The Morgan fingerprint density at radius 1 is 1.39 bits per heavy atom. The molecule has 0 aliphatic rings. The maximum Gasteiger partial charge on any atom is 0.330 e. The number of carbonyl (C=O) groups excluding carboxylic acids is 1. The predicted molar refractivity (Wildman–Crippen MR) is 73.1 cm³/mol. The minimum absolute atomic E-state index is 0.0137. The van der Waals surface area contributed by atoms with Gasteiger partial charge in [-0.15, -0.1) is 4.73 Å². The summed E-state index contributed by atoms with van der Waals surface area (Å²) in [5, 5.41) is 0. The summed E-state index contributed by atoms with van der Waals surface area (Å²) < 4.78 is 1.75. The Balaban J connectivity index is 2.75. The Morgan fingerprint density at radius 2 is 2.06 bits per heavy atom. The third-order valence-corrected chi connectivity index (χ3v) is 2.97. The van der Waals surface area contributed by atoms with Gasteiger partial charge in [0.05, 0.1) is 5.52 Å². The second-order valence-electron chi connectivity index (χ2n) is 5.26. The minimum atomic E-state index is -0.395. The molecule has 18 heavy (non-hydrogen) atoms. The Hall–Kier alpha value is -1.62. The van der Waals surface area contributed by atoms with Crippen molar-refractivity contribution < 1.29 is 9.63 Å². The summed E-state index contributed by atoms with van der Waals surface area (Å²) in [6.07, 6.45) is 0. The zero-order valence-corrected chi connectivity index (χ0v) is 11.7. The number of fused-ring (bicyclic) bond motifs is 1. The molecule has 1 aromatic heterocycles. The molecule has 1 heterocycles. The summed E-state index contributed by atoms with van der Waals surface area (Å²) >= 11 is 5.18. The van der Waals surface area contributed by atoms with Crippen molar-refractivity contribution >= 4 is 29.2 Å². The van der Waals surface area contributed by atoms with Crippen molar-refractivity contribution in [2.75, 3.05) is 0 Å². The molecule has 0 saturated heterocycles. The second kappa shape index (κ2) is 4.24. The highest BCUT2D eigenvalue weighted by Crippen LogP contribution is 2.28. The van der Waals surface area contributed by atoms with Crippen LogP contribution in [-0.2, 0) is 10.2 Å². The van der Waals surface area contributed by atoms with Gasteiger partial charge in [0.2, 0.25) is 4.77 Å². The van der Waals surface area contributed by atoms with Gasteiger partial charge in [-0.05, 0) is 29.3 Å². The molecule has 0 spiro atoms. The number of nitrogens with one attached hydrogen (secondary N) is 1. The highest BCUT2D eigenvalue weighted by Gasteiger charge is 2.19. The molecular weight excluding hydrogens is 248 g/mol. The Bertz CT molecular complexity index is 662. The molecule has 0 radical (unpaired) electrons. The summed E-state index contributed by atoms with van der Waals surface area (Å²) in [5.41, 5.74) is 2.82. The van der Waals surface area contributed by atoms with Gasteiger partial charge in [0.25, 0.3) is 0 Å². The van der Waals surface area contributed by atoms with Gasteiger partial charge in [0.1, 0.15) is 5.52 Å². The van der Waals surface area contributed by atoms with E-state index in [0.717, 1.165) is 16.6 Å². The van der Waals surface area contributed by atoms with Crippen LogP contribution in [0.4, 0.5) is 0 Å². The second-order valence-corrected chi connectivity index (χ2v) is 5.64. The normalized spacial score (nSPS) is 11.8. The van der Waals surface area contributed by atoms with Crippen LogP contribution in [0.3, 0.4) is 0 Å². The smallest absolute Gasteiger partial charge is 0.330 e. The van der Waals surface area contributed by atoms with E-state index in [-0.39, 0.29) is 5.41 Å². The predicted octanol–water partition coefficient (Wildman–Crippen LogP) is 2.97. The van der Waals surface area contributed by atoms with E-state index >= 15 is 0 Å². The Morgan fingerprint density at radius 3 is 2.61 bits per heavy atom. The van der Waals surface area contributed by atoms with Crippen LogP contribution >= 0.6 is 12.2 Å². The standard InChI is InChI=1S/C13H16N2O2S/c1-8(16)17-15-10-7-5-6-9(13(2,3)4)11(10)14-12(15)18/h5-7H,1-4H3,(H,14,18). The fraction of sp³-hybridized carbons (Fsp3) is 0.385. The molecule has 0 fully saturated rings. The first-order chi connectivity index (χ1) is 8.30. The van der Waals surface area contributed by atoms with Crippen molar-refractivity contribution in [3.63, 3.8) is 0 Å². The number of nitrogens with zero attached hydrogens (tertiary/aromatic N) is 1. The summed E-state index contributed by atoms with van der Waals surface area (Å²) in [7, 11) is 0. The van der Waals surface area contributed by atoms with Gasteiger partial charge in [0.15, 0.2) is 0 Å². The lowest BCUT2D eigenvalue weighted by Crippen LogP contribution is -2.16. The number of carbonyl (C=O) groups is 1. The van der Waals surface area contributed by atoms with Crippen molar-refractivity contribution in [3.8, 4) is 0 Å². The molecule has 96 valence electrons. The summed E-state index contributed by atoms with van der Waals surface area (Å²) in [5.74, 6) is -0.395. The van der Waals surface area contributed by atoms with E-state index in [1.165, 1.54) is 11.7 Å². The number of aromatic amines is 1. The first-order valence-corrected chi connectivity index (χ1v) is 6.14. The molecule has 4 nitrogen and oxygen atoms in total. The van der Waals surface area contributed by atoms with Gasteiger partial charge < -0.3 is 9.82 Å². The molecule has 1 aromatic carbocycles. The molecule has 0 saturated carbocycles. The number of hydrogen-bond donors (Lipinski definition) is 1. The molecule has 2 aromatic rings. The average Bonchev–Trinajstić information content (AvgIpc) is 2.53. The van der Waals surface area contributed by atoms with Crippen LogP contribution in [0.15, 0.2) is 18.2 Å². The Labute approximate surface area is 111 Å². The van der Waals surface area contributed by atoms with Crippen molar-refractivity contribution in [1.29, 1.82) is 0 Å². The van der Waals surface area contributed by atoms with Gasteiger partial charge in [-0.3, -0.25) is 0 Å². The van der Waals surface area contributed by atoms with Gasteiger partial charge in [-0.25, -0.2) is 4.79 Å². The van der Waals surface area contributed by atoms with E-state index in [4.69, 9.17) is 17.1 Å². The highest BCUT2D eigenvalue weighted by atomic mass is 32.1. The quantitative estimate of drug-likeness (QED) is 0.805. The van der Waals surface area contributed by atoms with E-state index in [1.807, 2.05) is 18.2 Å². The molecular formula is C13H16N2O2S. The van der Waals surface area contributed by atoms with Crippen molar-refractivity contribution in [2.24, 2.45) is 0 Å². The van der Waals surface area contributed by atoms with Gasteiger partial charge in [-0.2, -0.15) is 0 Å². The van der Waals surface area contributed by atoms with Crippen molar-refractivity contribution in [3.05, 3.63) is 28.5 Å². The molecule has 2 rings (SSSR count). The summed E-state index contributed by atoms with van der Waals surface area (Å²) in [6.45, 7) is 7.74. The van der Waals surface area contributed by atoms with Crippen LogP contribution in [0.5, 0.6) is 0 Å². The molecule has 0 unspecified atom stereocenters. The van der Waals surface area contributed by atoms with Gasteiger partial charge in [-0.1, -0.05) is 32.9 Å². The van der Waals surface area contributed by atoms with Crippen molar-refractivity contribution in [2.45, 2.75) is 33.1 Å². The molecule has 0 aliphatic carbocycles. The summed E-state index contributed by atoms with van der Waals surface area (Å²) in [4.78, 5) is 19.3. The van der Waals surface area contributed by atoms with Gasteiger partial charge >= 0.3 is 5.97 Å². The number of para-hydroxylation sites is 1. The Kier molecular flexibility index (Phi) is 3.02. The number of rotatable bonds is 1. The molecule has 0 amide bonds. The number of benzene rings is 1. The van der Waals surface area contributed by atoms with Crippen LogP contribution in [0.25, 0.3) is 11.0 Å². The van der Waals surface area contributed by atoms with Crippen molar-refractivity contribution in [1.82, 2.24) is 9.71 Å². The SMILES string of the molecule is CC(=O)On1c(=S)[nH]c2c(C(C)(C)C)cccc21. The van der Waals surface area contributed by atoms with Crippen LogP contribution in [0.1, 0.15) is 33.3 Å². The van der Waals surface area contributed by atoms with Gasteiger partial charge in [0, 0.05) is 6.92 Å². The topological polar surface area (TPSA) is 47.0 Å². The molecule has 0 atom stereocenters. The lowest BCUT2D eigenvalue weighted by Gasteiger charge is -2.19. The maximum atomic E-state index is 11.1. The van der Waals surface area contributed by atoms with Crippen LogP contribution < -0.4 is 4.84 Å². The molecule has 5 heteroatoms. The minimum Gasteiger partial charge on any atom is -0.334 e. The molecule has 0 bridgehead atoms. The third kappa shape index (κ3) is 2.18. The first kappa shape index (κ1) is 12.8. The maximum absolute atomic E-state index is 11.1. The molecule has 1 N–H and O–H groups in total. The number of hydrogen-bond acceptors (Lipinski definition) is 3. The van der Waals surface area contributed by atoms with Crippen LogP contribution in [-0.4, -0.2) is 15.7 Å².